The predicted molar refractivity (Wildman–Crippen MR) is 99.1 cm³/mol. The number of nitrogens with zero attached hydrogens (tertiary/aromatic N) is 2. The third-order valence-corrected chi connectivity index (χ3v) is 4.36. The van der Waals surface area contributed by atoms with E-state index in [0.717, 1.165) is 27.8 Å². The molecule has 0 saturated heterocycles. The van der Waals surface area contributed by atoms with Crippen LogP contribution in [-0.2, 0) is 0 Å². The molecule has 25 heavy (non-hydrogen) atoms. The van der Waals surface area contributed by atoms with E-state index in [1.807, 2.05) is 36.4 Å². The van der Waals surface area contributed by atoms with Crippen molar-refractivity contribution < 1.29 is 9.15 Å². The van der Waals surface area contributed by atoms with E-state index in [2.05, 4.69) is 35.2 Å². The third-order valence-electron chi connectivity index (χ3n) is 4.36. The van der Waals surface area contributed by atoms with Gasteiger partial charge in [0, 0.05) is 10.9 Å². The summed E-state index contributed by atoms with van der Waals surface area (Å²) < 4.78 is 11.5. The topological polar surface area (TPSA) is 60.2 Å². The van der Waals surface area contributed by atoms with Crippen LogP contribution in [0.5, 0.6) is 5.75 Å². The Morgan fingerprint density at radius 3 is 2.80 bits per heavy atom. The van der Waals surface area contributed by atoms with Gasteiger partial charge in [-0.3, -0.25) is 0 Å². The van der Waals surface area contributed by atoms with E-state index in [1.165, 1.54) is 5.56 Å². The first-order valence-electron chi connectivity index (χ1n) is 8.20. The van der Waals surface area contributed by atoms with E-state index in [0.29, 0.717) is 11.4 Å². The van der Waals surface area contributed by atoms with Crippen molar-refractivity contribution in [3.8, 4) is 5.75 Å². The molecule has 0 amide bonds. The Hall–Kier alpha value is -3.08. The lowest BCUT2D eigenvalue weighted by atomic mass is 10.0. The first-order valence-corrected chi connectivity index (χ1v) is 8.20. The van der Waals surface area contributed by atoms with Gasteiger partial charge in [0.15, 0.2) is 11.4 Å². The molecule has 5 nitrogen and oxygen atoms in total. The molecule has 5 heteroatoms. The average Bonchev–Trinajstić information content (AvgIpc) is 3.01. The number of benzene rings is 2. The summed E-state index contributed by atoms with van der Waals surface area (Å²) in [6.07, 6.45) is 1.56. The molecular formula is C20H19N3O2. The number of anilines is 1. The summed E-state index contributed by atoms with van der Waals surface area (Å²) in [5.74, 6) is 1.53. The fraction of sp³-hybridized carbons (Fsp3) is 0.200. The Kier molecular flexibility index (Phi) is 3.76. The zero-order chi connectivity index (χ0) is 17.4. The molecule has 0 spiro atoms. The summed E-state index contributed by atoms with van der Waals surface area (Å²) in [6.45, 7) is 4.14. The number of para-hydroxylation sites is 1. The molecule has 0 radical (unpaired) electrons. The van der Waals surface area contributed by atoms with Crippen molar-refractivity contribution in [2.24, 2.45) is 0 Å². The normalized spacial score (nSPS) is 12.4. The van der Waals surface area contributed by atoms with Gasteiger partial charge in [-0.25, -0.2) is 9.97 Å². The van der Waals surface area contributed by atoms with E-state index in [-0.39, 0.29) is 6.04 Å². The Bertz CT molecular complexity index is 1060. The Balaban J connectivity index is 1.77. The maximum absolute atomic E-state index is 5.98. The minimum atomic E-state index is 0.00108. The molecule has 2 heterocycles. The van der Waals surface area contributed by atoms with Crippen molar-refractivity contribution >= 4 is 27.9 Å². The van der Waals surface area contributed by atoms with E-state index < -0.39 is 0 Å². The van der Waals surface area contributed by atoms with Gasteiger partial charge in [0.1, 0.15) is 23.2 Å². The van der Waals surface area contributed by atoms with Gasteiger partial charge in [0.05, 0.1) is 13.2 Å². The monoisotopic (exact) mass is 333 g/mol. The summed E-state index contributed by atoms with van der Waals surface area (Å²) in [5.41, 5.74) is 4.55. The molecule has 4 rings (SSSR count). The summed E-state index contributed by atoms with van der Waals surface area (Å²) in [5, 5.41) is 4.43. The van der Waals surface area contributed by atoms with Crippen LogP contribution in [0.25, 0.3) is 22.1 Å². The highest BCUT2D eigenvalue weighted by atomic mass is 16.5. The van der Waals surface area contributed by atoms with Gasteiger partial charge in [-0.05, 0) is 32.0 Å². The number of hydrogen-bond donors (Lipinski definition) is 1. The molecule has 2 aromatic carbocycles. The number of furan rings is 1. The molecule has 0 fully saturated rings. The van der Waals surface area contributed by atoms with Crippen LogP contribution in [0.4, 0.5) is 5.82 Å². The maximum Gasteiger partial charge on any atom is 0.196 e. The van der Waals surface area contributed by atoms with Crippen LogP contribution in [0.15, 0.2) is 53.2 Å². The van der Waals surface area contributed by atoms with Crippen LogP contribution in [0, 0.1) is 6.92 Å². The smallest absolute Gasteiger partial charge is 0.196 e. The van der Waals surface area contributed by atoms with Gasteiger partial charge >= 0.3 is 0 Å². The summed E-state index contributed by atoms with van der Waals surface area (Å²) >= 11 is 0. The molecule has 1 N–H and O–H groups in total. The molecule has 1 unspecified atom stereocenters. The standard InChI is InChI=1S/C20H19N3O2/c1-12-8-9-16(24-3)15(10-12)13(2)23-20-19-18(21-11-22-20)14-6-4-5-7-17(14)25-19/h4-11,13H,1-3H3,(H,21,22,23). The molecule has 1 atom stereocenters. The van der Waals surface area contributed by atoms with Crippen molar-refractivity contribution in [1.29, 1.82) is 0 Å². The summed E-state index contributed by atoms with van der Waals surface area (Å²) in [6, 6.07) is 14.0. The number of fused-ring (bicyclic) bond motifs is 3. The van der Waals surface area contributed by atoms with Crippen LogP contribution >= 0.6 is 0 Å². The quantitative estimate of drug-likeness (QED) is 0.577. The van der Waals surface area contributed by atoms with Crippen LogP contribution in [0.3, 0.4) is 0 Å². The highest BCUT2D eigenvalue weighted by molar-refractivity contribution is 6.05. The van der Waals surface area contributed by atoms with E-state index >= 15 is 0 Å². The predicted octanol–water partition coefficient (Wildman–Crippen LogP) is 4.87. The Morgan fingerprint density at radius 1 is 1.12 bits per heavy atom. The molecular weight excluding hydrogens is 314 g/mol. The maximum atomic E-state index is 5.98. The zero-order valence-corrected chi connectivity index (χ0v) is 14.4. The molecule has 0 saturated carbocycles. The van der Waals surface area contributed by atoms with Gasteiger partial charge in [0.2, 0.25) is 0 Å². The Morgan fingerprint density at radius 2 is 1.96 bits per heavy atom. The lowest BCUT2D eigenvalue weighted by Crippen LogP contribution is -2.10. The number of ether oxygens (including phenoxy) is 1. The van der Waals surface area contributed by atoms with Crippen LogP contribution < -0.4 is 10.1 Å². The largest absolute Gasteiger partial charge is 0.496 e. The molecule has 4 aromatic rings. The number of hydrogen-bond acceptors (Lipinski definition) is 5. The van der Waals surface area contributed by atoms with E-state index in [1.54, 1.807) is 13.4 Å². The lowest BCUT2D eigenvalue weighted by Gasteiger charge is -2.18. The van der Waals surface area contributed by atoms with Crippen LogP contribution in [0.2, 0.25) is 0 Å². The summed E-state index contributed by atoms with van der Waals surface area (Å²) in [7, 11) is 1.68. The zero-order valence-electron chi connectivity index (χ0n) is 14.4. The van der Waals surface area contributed by atoms with Gasteiger partial charge in [0.25, 0.3) is 0 Å². The number of nitrogens with one attached hydrogen (secondary N) is 1. The van der Waals surface area contributed by atoms with E-state index in [9.17, 15) is 0 Å². The molecule has 0 bridgehead atoms. The fourth-order valence-corrected chi connectivity index (χ4v) is 3.10. The molecule has 2 aromatic heterocycles. The van der Waals surface area contributed by atoms with Crippen LogP contribution in [-0.4, -0.2) is 17.1 Å². The first-order chi connectivity index (χ1) is 12.2. The highest BCUT2D eigenvalue weighted by Crippen LogP contribution is 2.33. The van der Waals surface area contributed by atoms with Crippen molar-refractivity contribution in [1.82, 2.24) is 9.97 Å². The third kappa shape index (κ3) is 2.67. The van der Waals surface area contributed by atoms with Gasteiger partial charge < -0.3 is 14.5 Å². The lowest BCUT2D eigenvalue weighted by molar-refractivity contribution is 0.407. The van der Waals surface area contributed by atoms with Crippen LogP contribution in [0.1, 0.15) is 24.1 Å². The summed E-state index contributed by atoms with van der Waals surface area (Å²) in [4.78, 5) is 8.78. The van der Waals surface area contributed by atoms with Gasteiger partial charge in [-0.2, -0.15) is 0 Å². The number of rotatable bonds is 4. The van der Waals surface area contributed by atoms with Gasteiger partial charge in [-0.1, -0.05) is 29.8 Å². The second-order valence-electron chi connectivity index (χ2n) is 6.11. The number of aromatic nitrogens is 2. The number of aryl methyl sites for hydroxylation is 1. The first kappa shape index (κ1) is 15.4. The average molecular weight is 333 g/mol. The second kappa shape index (κ2) is 6.09. The highest BCUT2D eigenvalue weighted by Gasteiger charge is 2.17. The second-order valence-corrected chi connectivity index (χ2v) is 6.11. The van der Waals surface area contributed by atoms with Crippen molar-refractivity contribution in [2.45, 2.75) is 19.9 Å². The molecule has 0 aliphatic rings. The molecule has 126 valence electrons. The van der Waals surface area contributed by atoms with Gasteiger partial charge in [-0.15, -0.1) is 0 Å². The van der Waals surface area contributed by atoms with E-state index in [4.69, 9.17) is 9.15 Å². The number of methoxy groups -OCH3 is 1. The minimum Gasteiger partial charge on any atom is -0.496 e. The van der Waals surface area contributed by atoms with Crippen molar-refractivity contribution in [3.05, 3.63) is 59.9 Å². The fourth-order valence-electron chi connectivity index (χ4n) is 3.10. The molecule has 0 aliphatic carbocycles. The Labute approximate surface area is 145 Å². The SMILES string of the molecule is COc1ccc(C)cc1C(C)Nc1ncnc2c1oc1ccccc12. The molecule has 0 aliphatic heterocycles. The minimum absolute atomic E-state index is 0.00108. The van der Waals surface area contributed by atoms with Crippen molar-refractivity contribution in [2.75, 3.05) is 12.4 Å². The van der Waals surface area contributed by atoms with Crippen molar-refractivity contribution in [3.63, 3.8) is 0 Å².